The van der Waals surface area contributed by atoms with Gasteiger partial charge in [-0.2, -0.15) is 5.10 Å². The number of carbonyl (C=O) groups excluding carboxylic acids is 1. The van der Waals surface area contributed by atoms with Crippen molar-refractivity contribution >= 4 is 11.7 Å². The molecule has 0 radical (unpaired) electrons. The summed E-state index contributed by atoms with van der Waals surface area (Å²) in [6, 6.07) is 3.64. The number of carbonyl (C=O) groups is 1. The number of nitrogens with zero attached hydrogens (tertiary/aromatic N) is 4. The summed E-state index contributed by atoms with van der Waals surface area (Å²) < 4.78 is 7.19. The maximum Gasteiger partial charge on any atom is 0.260 e. The summed E-state index contributed by atoms with van der Waals surface area (Å²) >= 11 is 0. The number of hydrogen-bond donors (Lipinski definition) is 1. The van der Waals surface area contributed by atoms with Crippen LogP contribution in [0.4, 0.5) is 5.82 Å². The smallest absolute Gasteiger partial charge is 0.260 e. The summed E-state index contributed by atoms with van der Waals surface area (Å²) in [6.45, 7) is 5.85. The van der Waals surface area contributed by atoms with Gasteiger partial charge in [0, 0.05) is 25.6 Å². The normalized spacial score (nSPS) is 11.0. The van der Waals surface area contributed by atoms with E-state index < -0.39 is 0 Å². The van der Waals surface area contributed by atoms with Crippen LogP contribution < -0.4 is 5.32 Å². The number of hydrogen-bond acceptors (Lipinski definition) is 5. The summed E-state index contributed by atoms with van der Waals surface area (Å²) in [5, 5.41) is 7.17. The number of aryl methyl sites for hydroxylation is 2. The Bertz CT molecular complexity index is 879. The Labute approximate surface area is 139 Å². The van der Waals surface area contributed by atoms with Crippen molar-refractivity contribution in [2.75, 3.05) is 5.32 Å². The molecular formula is C17H19N5O2. The van der Waals surface area contributed by atoms with Crippen molar-refractivity contribution < 1.29 is 9.21 Å². The van der Waals surface area contributed by atoms with Gasteiger partial charge in [-0.3, -0.25) is 14.5 Å². The van der Waals surface area contributed by atoms with Crippen molar-refractivity contribution in [1.29, 1.82) is 0 Å². The molecule has 1 N–H and O–H groups in total. The standard InChI is InChI=1S/C17H19N5O2/c1-10(2)14-16(19-8-7-18-14)20-17(23)12-9-22(4)21-15(12)13-6-5-11(3)24-13/h5-10H,1-4H3,(H,19,20,23). The van der Waals surface area contributed by atoms with Gasteiger partial charge in [-0.05, 0) is 25.0 Å². The van der Waals surface area contributed by atoms with Crippen molar-refractivity contribution in [3.63, 3.8) is 0 Å². The van der Waals surface area contributed by atoms with E-state index in [1.165, 1.54) is 0 Å². The number of nitrogens with one attached hydrogen (secondary N) is 1. The molecule has 3 rings (SSSR count). The Morgan fingerprint density at radius 2 is 2.00 bits per heavy atom. The van der Waals surface area contributed by atoms with Gasteiger partial charge in [0.15, 0.2) is 11.6 Å². The maximum absolute atomic E-state index is 12.7. The van der Waals surface area contributed by atoms with Crippen LogP contribution in [-0.2, 0) is 7.05 Å². The highest BCUT2D eigenvalue weighted by atomic mass is 16.3. The lowest BCUT2D eigenvalue weighted by Gasteiger charge is -2.10. The maximum atomic E-state index is 12.7. The van der Waals surface area contributed by atoms with Crippen molar-refractivity contribution in [2.24, 2.45) is 7.05 Å². The number of aromatic nitrogens is 4. The zero-order valence-corrected chi connectivity index (χ0v) is 14.1. The van der Waals surface area contributed by atoms with Gasteiger partial charge in [-0.25, -0.2) is 4.98 Å². The summed E-state index contributed by atoms with van der Waals surface area (Å²) in [5.41, 5.74) is 1.66. The average Bonchev–Trinajstić information content (AvgIpc) is 3.13. The van der Waals surface area contributed by atoms with Crippen LogP contribution >= 0.6 is 0 Å². The molecule has 7 heteroatoms. The molecule has 1 amide bonds. The minimum atomic E-state index is -0.297. The van der Waals surface area contributed by atoms with E-state index in [0.29, 0.717) is 22.8 Å². The lowest BCUT2D eigenvalue weighted by molar-refractivity contribution is 0.102. The molecule has 0 bridgehead atoms. The lowest BCUT2D eigenvalue weighted by Crippen LogP contribution is -2.16. The molecular weight excluding hydrogens is 306 g/mol. The molecule has 0 saturated carbocycles. The van der Waals surface area contributed by atoms with Crippen LogP contribution in [0.25, 0.3) is 11.5 Å². The number of anilines is 1. The molecule has 3 aromatic heterocycles. The zero-order chi connectivity index (χ0) is 17.3. The minimum absolute atomic E-state index is 0.148. The van der Waals surface area contributed by atoms with Gasteiger partial charge in [0.2, 0.25) is 0 Å². The molecule has 0 atom stereocenters. The Hall–Kier alpha value is -2.96. The van der Waals surface area contributed by atoms with E-state index in [-0.39, 0.29) is 11.8 Å². The summed E-state index contributed by atoms with van der Waals surface area (Å²) in [4.78, 5) is 21.3. The molecule has 0 aliphatic heterocycles. The van der Waals surface area contributed by atoms with Crippen LogP contribution in [-0.4, -0.2) is 25.7 Å². The van der Waals surface area contributed by atoms with Crippen LogP contribution in [0.5, 0.6) is 0 Å². The molecule has 3 aromatic rings. The minimum Gasteiger partial charge on any atom is -0.460 e. The highest BCUT2D eigenvalue weighted by Gasteiger charge is 2.21. The molecule has 0 fully saturated rings. The van der Waals surface area contributed by atoms with Gasteiger partial charge in [-0.1, -0.05) is 13.8 Å². The summed E-state index contributed by atoms with van der Waals surface area (Å²) in [5.74, 6) is 1.63. The van der Waals surface area contributed by atoms with Crippen LogP contribution in [0.2, 0.25) is 0 Å². The average molecular weight is 325 g/mol. The number of furan rings is 1. The first kappa shape index (κ1) is 15.9. The van der Waals surface area contributed by atoms with E-state index in [1.54, 1.807) is 36.4 Å². The predicted molar refractivity (Wildman–Crippen MR) is 89.7 cm³/mol. The van der Waals surface area contributed by atoms with Crippen LogP contribution in [0.1, 0.15) is 41.6 Å². The van der Waals surface area contributed by atoms with Gasteiger partial charge >= 0.3 is 0 Å². The first-order valence-electron chi connectivity index (χ1n) is 7.68. The van der Waals surface area contributed by atoms with Crippen LogP contribution in [0.15, 0.2) is 35.1 Å². The molecule has 24 heavy (non-hydrogen) atoms. The summed E-state index contributed by atoms with van der Waals surface area (Å²) in [7, 11) is 1.76. The quantitative estimate of drug-likeness (QED) is 0.796. The Morgan fingerprint density at radius 1 is 1.25 bits per heavy atom. The summed E-state index contributed by atoms with van der Waals surface area (Å²) in [6.07, 6.45) is 4.83. The van der Waals surface area contributed by atoms with Crippen molar-refractivity contribution in [3.05, 3.63) is 47.7 Å². The monoisotopic (exact) mass is 325 g/mol. The van der Waals surface area contributed by atoms with Crippen LogP contribution in [0, 0.1) is 6.92 Å². The Balaban J connectivity index is 1.95. The van der Waals surface area contributed by atoms with E-state index in [0.717, 1.165) is 11.5 Å². The van der Waals surface area contributed by atoms with Gasteiger partial charge in [0.25, 0.3) is 5.91 Å². The highest BCUT2D eigenvalue weighted by Crippen LogP contribution is 2.25. The third-order valence-corrected chi connectivity index (χ3v) is 3.55. The molecule has 0 saturated heterocycles. The lowest BCUT2D eigenvalue weighted by atomic mass is 10.1. The van der Waals surface area contributed by atoms with Crippen molar-refractivity contribution in [3.8, 4) is 11.5 Å². The fourth-order valence-electron chi connectivity index (χ4n) is 2.44. The second-order valence-electron chi connectivity index (χ2n) is 5.87. The number of rotatable bonds is 4. The largest absolute Gasteiger partial charge is 0.460 e. The fraction of sp³-hybridized carbons (Fsp3) is 0.294. The Kier molecular flexibility index (Phi) is 4.16. The van der Waals surface area contributed by atoms with E-state index in [9.17, 15) is 4.79 Å². The molecule has 0 spiro atoms. The molecule has 0 aliphatic carbocycles. The van der Waals surface area contributed by atoms with Gasteiger partial charge < -0.3 is 9.73 Å². The number of amides is 1. The third-order valence-electron chi connectivity index (χ3n) is 3.55. The zero-order valence-electron chi connectivity index (χ0n) is 14.1. The molecule has 7 nitrogen and oxygen atoms in total. The Morgan fingerprint density at radius 3 is 2.67 bits per heavy atom. The van der Waals surface area contributed by atoms with Gasteiger partial charge in [0.1, 0.15) is 11.5 Å². The first-order chi connectivity index (χ1) is 11.5. The highest BCUT2D eigenvalue weighted by molar-refractivity contribution is 6.07. The van der Waals surface area contributed by atoms with E-state index in [2.05, 4.69) is 20.4 Å². The second-order valence-corrected chi connectivity index (χ2v) is 5.87. The third kappa shape index (κ3) is 3.05. The first-order valence-corrected chi connectivity index (χ1v) is 7.68. The van der Waals surface area contributed by atoms with Gasteiger partial charge in [0.05, 0.1) is 11.3 Å². The molecule has 0 unspecified atom stereocenters. The topological polar surface area (TPSA) is 85.8 Å². The van der Waals surface area contributed by atoms with Gasteiger partial charge in [-0.15, -0.1) is 0 Å². The van der Waals surface area contributed by atoms with E-state index in [1.807, 2.05) is 26.8 Å². The molecule has 0 aliphatic rings. The second kappa shape index (κ2) is 6.27. The molecule has 124 valence electrons. The van der Waals surface area contributed by atoms with E-state index >= 15 is 0 Å². The molecule has 0 aromatic carbocycles. The predicted octanol–water partition coefficient (Wildman–Crippen LogP) is 3.15. The van der Waals surface area contributed by atoms with E-state index in [4.69, 9.17) is 4.42 Å². The molecule has 3 heterocycles. The fourth-order valence-corrected chi connectivity index (χ4v) is 2.44. The van der Waals surface area contributed by atoms with Crippen LogP contribution in [0.3, 0.4) is 0 Å². The van der Waals surface area contributed by atoms with Crippen molar-refractivity contribution in [1.82, 2.24) is 19.7 Å². The SMILES string of the molecule is Cc1ccc(-c2nn(C)cc2C(=O)Nc2nccnc2C(C)C)o1. The van der Waals surface area contributed by atoms with Crippen molar-refractivity contribution in [2.45, 2.75) is 26.7 Å².